The monoisotopic (exact) mass is 412 g/mol. The van der Waals surface area contributed by atoms with Gasteiger partial charge in [0.2, 0.25) is 5.82 Å². The van der Waals surface area contributed by atoms with Gasteiger partial charge in [-0.1, -0.05) is 25.3 Å². The molecule has 0 radical (unpaired) electrons. The molecule has 0 unspecified atom stereocenters. The van der Waals surface area contributed by atoms with Crippen molar-refractivity contribution in [3.8, 4) is 16.9 Å². The average molecular weight is 412 g/mol. The number of benzene rings is 2. The van der Waals surface area contributed by atoms with Gasteiger partial charge >= 0.3 is 11.9 Å². The van der Waals surface area contributed by atoms with Crippen LogP contribution < -0.4 is 4.74 Å². The normalized spacial score (nSPS) is 10.7. The van der Waals surface area contributed by atoms with Gasteiger partial charge in [0.25, 0.3) is 0 Å². The van der Waals surface area contributed by atoms with Crippen molar-refractivity contribution >= 4 is 22.9 Å². The summed E-state index contributed by atoms with van der Waals surface area (Å²) in [6, 6.07) is 8.83. The van der Waals surface area contributed by atoms with E-state index in [0.29, 0.717) is 10.9 Å². The molecule has 7 heteroatoms. The summed E-state index contributed by atoms with van der Waals surface area (Å²) in [5.74, 6) is -3.03. The van der Waals surface area contributed by atoms with Crippen LogP contribution in [0.3, 0.4) is 0 Å². The summed E-state index contributed by atoms with van der Waals surface area (Å²) in [6.07, 6.45) is 0. The number of esters is 2. The van der Waals surface area contributed by atoms with Crippen molar-refractivity contribution in [2.75, 3.05) is 0 Å². The lowest BCUT2D eigenvalue weighted by Gasteiger charge is -2.07. The smallest absolute Gasteiger partial charge is 0.338 e. The highest BCUT2D eigenvalue weighted by Gasteiger charge is 2.19. The van der Waals surface area contributed by atoms with E-state index in [0.717, 1.165) is 0 Å². The summed E-state index contributed by atoms with van der Waals surface area (Å²) in [6.45, 7) is 9.73. The molecule has 154 valence electrons. The van der Waals surface area contributed by atoms with Crippen LogP contribution in [0, 0.1) is 11.6 Å². The molecule has 0 atom stereocenters. The fourth-order valence-corrected chi connectivity index (χ4v) is 2.61. The fraction of sp³-hybridized carbons (Fsp3) is 0.130. The molecule has 0 amide bonds. The van der Waals surface area contributed by atoms with Crippen LogP contribution in [0.2, 0.25) is 0 Å². The Morgan fingerprint density at radius 3 is 2.20 bits per heavy atom. The molecule has 0 aliphatic carbocycles. The van der Waals surface area contributed by atoms with E-state index in [9.17, 15) is 18.4 Å². The SMILES string of the molecule is C=C(C)C(=O)OCc1cc2cc(-c3ccc(OC(=O)C(=C)C)cc3)c(F)c(F)c2o1. The fourth-order valence-electron chi connectivity index (χ4n) is 2.61. The second-order valence-corrected chi connectivity index (χ2v) is 6.73. The van der Waals surface area contributed by atoms with Crippen molar-refractivity contribution in [2.24, 2.45) is 0 Å². The van der Waals surface area contributed by atoms with Crippen molar-refractivity contribution in [3.63, 3.8) is 0 Å². The van der Waals surface area contributed by atoms with E-state index >= 15 is 0 Å². The number of carbonyl (C=O) groups excluding carboxylic acids is 2. The lowest BCUT2D eigenvalue weighted by Crippen LogP contribution is -2.07. The molecule has 0 aliphatic rings. The Kier molecular flexibility index (Phi) is 5.82. The predicted molar refractivity (Wildman–Crippen MR) is 107 cm³/mol. The quantitative estimate of drug-likeness (QED) is 0.305. The number of hydrogen-bond acceptors (Lipinski definition) is 5. The third kappa shape index (κ3) is 4.30. The maximum absolute atomic E-state index is 14.6. The van der Waals surface area contributed by atoms with Gasteiger partial charge in [-0.05, 0) is 43.7 Å². The number of halogens is 2. The minimum absolute atomic E-state index is 0.00376. The standard InChI is InChI=1S/C23H18F2O5/c1-12(2)22(26)28-11-17-9-15-10-18(19(24)20(25)21(15)29-17)14-5-7-16(8-6-14)30-23(27)13(3)4/h5-10H,1,3,11H2,2,4H3. The molecule has 1 aromatic heterocycles. The number of hydrogen-bond donors (Lipinski definition) is 0. The van der Waals surface area contributed by atoms with Gasteiger partial charge in [-0.15, -0.1) is 0 Å². The van der Waals surface area contributed by atoms with E-state index in [4.69, 9.17) is 13.9 Å². The van der Waals surface area contributed by atoms with E-state index in [-0.39, 0.29) is 40.4 Å². The van der Waals surface area contributed by atoms with Gasteiger partial charge in [0, 0.05) is 22.1 Å². The van der Waals surface area contributed by atoms with Gasteiger partial charge in [0.15, 0.2) is 11.4 Å². The van der Waals surface area contributed by atoms with Gasteiger partial charge < -0.3 is 13.9 Å². The molecule has 0 aliphatic heterocycles. The van der Waals surface area contributed by atoms with E-state index < -0.39 is 23.6 Å². The molecule has 0 spiro atoms. The van der Waals surface area contributed by atoms with Crippen LogP contribution in [0.5, 0.6) is 5.75 Å². The molecule has 1 heterocycles. The van der Waals surface area contributed by atoms with Crippen molar-refractivity contribution in [1.82, 2.24) is 0 Å². The summed E-state index contributed by atoms with van der Waals surface area (Å²) in [5, 5.41) is 0.308. The first-order chi connectivity index (χ1) is 14.2. The second-order valence-electron chi connectivity index (χ2n) is 6.73. The second kappa shape index (κ2) is 8.32. The molecule has 0 fully saturated rings. The molecule has 30 heavy (non-hydrogen) atoms. The number of ether oxygens (including phenoxy) is 2. The van der Waals surface area contributed by atoms with Crippen molar-refractivity contribution in [3.05, 3.63) is 78.1 Å². The third-order valence-electron chi connectivity index (χ3n) is 4.16. The zero-order valence-corrected chi connectivity index (χ0v) is 16.4. The zero-order valence-electron chi connectivity index (χ0n) is 16.4. The summed E-state index contributed by atoms with van der Waals surface area (Å²) < 4.78 is 44.5. The van der Waals surface area contributed by atoms with Crippen LogP contribution in [0.15, 0.2) is 65.1 Å². The Hall–Kier alpha value is -3.74. The first kappa shape index (κ1) is 21.0. The molecular formula is C23H18F2O5. The number of fused-ring (bicyclic) bond motifs is 1. The van der Waals surface area contributed by atoms with E-state index in [1.54, 1.807) is 0 Å². The lowest BCUT2D eigenvalue weighted by molar-refractivity contribution is -0.140. The summed E-state index contributed by atoms with van der Waals surface area (Å²) in [7, 11) is 0. The summed E-state index contributed by atoms with van der Waals surface area (Å²) >= 11 is 0. The molecule has 0 N–H and O–H groups in total. The summed E-state index contributed by atoms with van der Waals surface area (Å²) in [5.41, 5.74) is 0.555. The largest absolute Gasteiger partial charge is 0.454 e. The highest BCUT2D eigenvalue weighted by Crippen LogP contribution is 2.33. The Labute approximate surface area is 171 Å². The van der Waals surface area contributed by atoms with Gasteiger partial charge in [-0.3, -0.25) is 0 Å². The molecule has 0 saturated carbocycles. The topological polar surface area (TPSA) is 65.7 Å². The van der Waals surface area contributed by atoms with E-state index in [1.807, 2.05) is 0 Å². The molecule has 2 aromatic carbocycles. The Morgan fingerprint density at radius 1 is 0.967 bits per heavy atom. The number of furan rings is 1. The average Bonchev–Trinajstić information content (AvgIpc) is 3.12. The highest BCUT2D eigenvalue weighted by atomic mass is 19.2. The van der Waals surface area contributed by atoms with Gasteiger partial charge in [0.05, 0.1) is 0 Å². The highest BCUT2D eigenvalue weighted by molar-refractivity contribution is 5.89. The third-order valence-corrected chi connectivity index (χ3v) is 4.16. The van der Waals surface area contributed by atoms with Crippen molar-refractivity contribution < 1.29 is 32.3 Å². The molecule has 0 saturated heterocycles. The Bertz CT molecular complexity index is 1170. The van der Waals surface area contributed by atoms with E-state index in [1.165, 1.54) is 50.2 Å². The molecule has 3 aromatic rings. The number of rotatable bonds is 6. The molecule has 5 nitrogen and oxygen atoms in total. The van der Waals surface area contributed by atoms with E-state index in [2.05, 4.69) is 13.2 Å². The molecule has 3 rings (SSSR count). The Balaban J connectivity index is 1.90. The van der Waals surface area contributed by atoms with Crippen LogP contribution in [0.25, 0.3) is 22.1 Å². The van der Waals surface area contributed by atoms with Crippen molar-refractivity contribution in [1.29, 1.82) is 0 Å². The zero-order chi connectivity index (χ0) is 22.0. The van der Waals surface area contributed by atoms with Gasteiger partial charge in [-0.2, -0.15) is 4.39 Å². The predicted octanol–water partition coefficient (Wildman–Crippen LogP) is 5.48. The minimum atomic E-state index is -1.15. The van der Waals surface area contributed by atoms with Crippen LogP contribution in [0.1, 0.15) is 19.6 Å². The van der Waals surface area contributed by atoms with Crippen LogP contribution in [-0.2, 0) is 20.9 Å². The van der Waals surface area contributed by atoms with Crippen LogP contribution in [0.4, 0.5) is 8.78 Å². The first-order valence-electron chi connectivity index (χ1n) is 8.88. The maximum atomic E-state index is 14.6. The summed E-state index contributed by atoms with van der Waals surface area (Å²) in [4.78, 5) is 23.1. The van der Waals surface area contributed by atoms with Crippen LogP contribution >= 0.6 is 0 Å². The first-order valence-corrected chi connectivity index (χ1v) is 8.88. The number of carbonyl (C=O) groups is 2. The van der Waals surface area contributed by atoms with Gasteiger partial charge in [-0.25, -0.2) is 14.0 Å². The Morgan fingerprint density at radius 2 is 1.60 bits per heavy atom. The molecular weight excluding hydrogens is 394 g/mol. The van der Waals surface area contributed by atoms with Crippen LogP contribution in [-0.4, -0.2) is 11.9 Å². The maximum Gasteiger partial charge on any atom is 0.338 e. The molecule has 0 bridgehead atoms. The van der Waals surface area contributed by atoms with Gasteiger partial charge in [0.1, 0.15) is 18.1 Å². The van der Waals surface area contributed by atoms with Crippen molar-refractivity contribution in [2.45, 2.75) is 20.5 Å². The lowest BCUT2D eigenvalue weighted by atomic mass is 10.0. The minimum Gasteiger partial charge on any atom is -0.454 e.